The SMILES string of the molecule is CC(C)NC(=O)N(C)C[C@H]1OCCCC[C@@H](C)Oc2ccc(N(C)C)cc2C(=O)N([C@@H](C)CO)C[C@@H]1C. The molecule has 210 valence electrons. The second-order valence-electron chi connectivity index (χ2n) is 10.9. The minimum absolute atomic E-state index is 0.0344. The van der Waals surface area contributed by atoms with Crippen LogP contribution in [0.15, 0.2) is 18.2 Å². The average Bonchev–Trinajstić information content (AvgIpc) is 2.84. The number of urea groups is 1. The van der Waals surface area contributed by atoms with Crippen LogP contribution in [0, 0.1) is 5.92 Å². The molecule has 2 rings (SSSR count). The molecule has 0 saturated carbocycles. The van der Waals surface area contributed by atoms with Gasteiger partial charge in [0.25, 0.3) is 5.91 Å². The number of carbonyl (C=O) groups excluding carboxylic acids is 2. The van der Waals surface area contributed by atoms with E-state index in [0.717, 1.165) is 24.9 Å². The number of benzene rings is 1. The summed E-state index contributed by atoms with van der Waals surface area (Å²) in [6.45, 7) is 10.9. The van der Waals surface area contributed by atoms with E-state index in [1.807, 2.05) is 71.8 Å². The molecule has 37 heavy (non-hydrogen) atoms. The van der Waals surface area contributed by atoms with Crippen LogP contribution < -0.4 is 15.0 Å². The summed E-state index contributed by atoms with van der Waals surface area (Å²) < 4.78 is 12.6. The molecule has 0 spiro atoms. The Bertz CT molecular complexity index is 878. The van der Waals surface area contributed by atoms with Crippen LogP contribution in [0.3, 0.4) is 0 Å². The molecule has 1 aromatic carbocycles. The van der Waals surface area contributed by atoms with Crippen molar-refractivity contribution in [3.8, 4) is 5.75 Å². The smallest absolute Gasteiger partial charge is 0.317 e. The molecule has 0 unspecified atom stereocenters. The van der Waals surface area contributed by atoms with Gasteiger partial charge < -0.3 is 34.6 Å². The van der Waals surface area contributed by atoms with Crippen LogP contribution in [0.4, 0.5) is 10.5 Å². The van der Waals surface area contributed by atoms with E-state index in [2.05, 4.69) is 5.32 Å². The second-order valence-corrected chi connectivity index (χ2v) is 10.9. The first-order valence-electron chi connectivity index (χ1n) is 13.5. The van der Waals surface area contributed by atoms with E-state index in [-0.39, 0.29) is 42.7 Å². The third-order valence-electron chi connectivity index (χ3n) is 6.76. The molecule has 4 atom stereocenters. The summed E-state index contributed by atoms with van der Waals surface area (Å²) in [5, 5.41) is 13.0. The molecular weight excluding hydrogens is 472 g/mol. The largest absolute Gasteiger partial charge is 0.490 e. The number of aliphatic hydroxyl groups excluding tert-OH is 1. The number of aliphatic hydroxyl groups is 1. The van der Waals surface area contributed by atoms with Gasteiger partial charge in [-0.05, 0) is 65.2 Å². The molecule has 1 aliphatic rings. The number of nitrogens with zero attached hydrogens (tertiary/aromatic N) is 3. The van der Waals surface area contributed by atoms with Crippen LogP contribution in [0.1, 0.15) is 64.2 Å². The summed E-state index contributed by atoms with van der Waals surface area (Å²) in [7, 11) is 5.63. The van der Waals surface area contributed by atoms with Crippen LogP contribution in [-0.2, 0) is 4.74 Å². The Balaban J connectivity index is 2.43. The molecule has 3 amide bonds. The number of hydrogen-bond donors (Lipinski definition) is 2. The highest BCUT2D eigenvalue weighted by Crippen LogP contribution is 2.29. The number of rotatable bonds is 6. The molecule has 0 radical (unpaired) electrons. The molecule has 0 fully saturated rings. The third kappa shape index (κ3) is 9.07. The van der Waals surface area contributed by atoms with Crippen molar-refractivity contribution in [2.75, 3.05) is 52.3 Å². The van der Waals surface area contributed by atoms with Crippen molar-refractivity contribution in [2.45, 2.75) is 78.2 Å². The first kappa shape index (κ1) is 30.7. The number of anilines is 1. The lowest BCUT2D eigenvalue weighted by Gasteiger charge is -2.36. The monoisotopic (exact) mass is 520 g/mol. The van der Waals surface area contributed by atoms with Gasteiger partial charge in [0, 0.05) is 58.5 Å². The first-order chi connectivity index (χ1) is 17.4. The lowest BCUT2D eigenvalue weighted by molar-refractivity contribution is -0.0122. The molecular formula is C28H48N4O5. The van der Waals surface area contributed by atoms with E-state index >= 15 is 0 Å². The summed E-state index contributed by atoms with van der Waals surface area (Å²) in [5.74, 6) is 0.275. The molecule has 1 aliphatic heterocycles. The van der Waals surface area contributed by atoms with Crippen LogP contribution in [0.25, 0.3) is 0 Å². The van der Waals surface area contributed by atoms with Gasteiger partial charge in [0.15, 0.2) is 0 Å². The number of carbonyl (C=O) groups is 2. The zero-order valence-electron chi connectivity index (χ0n) is 24.0. The van der Waals surface area contributed by atoms with Crippen LogP contribution >= 0.6 is 0 Å². The fourth-order valence-electron chi connectivity index (χ4n) is 4.36. The van der Waals surface area contributed by atoms with Gasteiger partial charge in [-0.1, -0.05) is 6.92 Å². The van der Waals surface area contributed by atoms with Crippen molar-refractivity contribution >= 4 is 17.6 Å². The van der Waals surface area contributed by atoms with Gasteiger partial charge in [0.05, 0.1) is 30.4 Å². The maximum absolute atomic E-state index is 14.0. The van der Waals surface area contributed by atoms with Crippen molar-refractivity contribution in [1.82, 2.24) is 15.1 Å². The molecule has 2 N–H and O–H groups in total. The van der Waals surface area contributed by atoms with Crippen molar-refractivity contribution in [3.63, 3.8) is 0 Å². The number of ether oxygens (including phenoxy) is 2. The van der Waals surface area contributed by atoms with Gasteiger partial charge in [0.1, 0.15) is 5.75 Å². The lowest BCUT2D eigenvalue weighted by atomic mass is 10.0. The zero-order valence-corrected chi connectivity index (χ0v) is 24.0. The Morgan fingerprint density at radius 1 is 1.19 bits per heavy atom. The predicted molar refractivity (Wildman–Crippen MR) is 147 cm³/mol. The normalized spacial score (nSPS) is 22.5. The van der Waals surface area contributed by atoms with E-state index in [4.69, 9.17) is 9.47 Å². The Morgan fingerprint density at radius 3 is 2.51 bits per heavy atom. The van der Waals surface area contributed by atoms with Gasteiger partial charge in [-0.15, -0.1) is 0 Å². The molecule has 1 heterocycles. The summed E-state index contributed by atoms with van der Waals surface area (Å²) in [6, 6.07) is 5.15. The molecule has 1 aromatic rings. The molecule has 9 nitrogen and oxygen atoms in total. The third-order valence-corrected chi connectivity index (χ3v) is 6.76. The topological polar surface area (TPSA) is 94.6 Å². The molecule has 9 heteroatoms. The summed E-state index contributed by atoms with van der Waals surface area (Å²) in [4.78, 5) is 31.9. The Morgan fingerprint density at radius 2 is 1.89 bits per heavy atom. The van der Waals surface area contributed by atoms with Crippen molar-refractivity contribution in [1.29, 1.82) is 0 Å². The highest BCUT2D eigenvalue weighted by Gasteiger charge is 2.31. The minimum atomic E-state index is -0.404. The number of nitrogens with one attached hydrogen (secondary N) is 1. The number of fused-ring (bicyclic) bond motifs is 1. The lowest BCUT2D eigenvalue weighted by Crippen LogP contribution is -2.49. The second kappa shape index (κ2) is 14.4. The van der Waals surface area contributed by atoms with E-state index < -0.39 is 6.04 Å². The maximum atomic E-state index is 14.0. The van der Waals surface area contributed by atoms with Gasteiger partial charge in [-0.3, -0.25) is 4.79 Å². The summed E-state index contributed by atoms with van der Waals surface area (Å²) in [6.07, 6.45) is 2.30. The predicted octanol–water partition coefficient (Wildman–Crippen LogP) is 3.60. The van der Waals surface area contributed by atoms with Crippen LogP contribution in [0.2, 0.25) is 0 Å². The zero-order chi connectivity index (χ0) is 27.7. The quantitative estimate of drug-likeness (QED) is 0.595. The standard InChI is InChI=1S/C28H48N4O5/c1-19(2)29-28(35)31(8)17-26-20(3)16-32(21(4)18-33)27(34)24-15-23(30(6)7)12-13-25(24)37-22(5)11-9-10-14-36-26/h12-13,15,19-22,26,33H,9-11,14,16-18H2,1-8H3,(H,29,35)/t20-,21-,22+,26+/m0/s1. The van der Waals surface area contributed by atoms with E-state index in [9.17, 15) is 14.7 Å². The van der Waals surface area contributed by atoms with Gasteiger partial charge in [-0.25, -0.2) is 4.79 Å². The van der Waals surface area contributed by atoms with Crippen LogP contribution in [0.5, 0.6) is 5.75 Å². The maximum Gasteiger partial charge on any atom is 0.317 e. The fraction of sp³-hybridized carbons (Fsp3) is 0.714. The molecule has 0 bridgehead atoms. The van der Waals surface area contributed by atoms with Crippen LogP contribution in [-0.4, -0.2) is 98.6 Å². The number of amides is 3. The summed E-state index contributed by atoms with van der Waals surface area (Å²) >= 11 is 0. The first-order valence-corrected chi connectivity index (χ1v) is 13.5. The Hall–Kier alpha value is -2.52. The average molecular weight is 521 g/mol. The highest BCUT2D eigenvalue weighted by atomic mass is 16.5. The Kier molecular flexibility index (Phi) is 12.0. The van der Waals surface area contributed by atoms with Gasteiger partial charge in [-0.2, -0.15) is 0 Å². The van der Waals surface area contributed by atoms with Crippen molar-refractivity contribution in [2.24, 2.45) is 5.92 Å². The molecule has 0 saturated heterocycles. The molecule has 0 aliphatic carbocycles. The van der Waals surface area contributed by atoms with Crippen molar-refractivity contribution < 1.29 is 24.2 Å². The Labute approximate surface area is 223 Å². The summed E-state index contributed by atoms with van der Waals surface area (Å²) in [5.41, 5.74) is 1.38. The van der Waals surface area contributed by atoms with Gasteiger partial charge >= 0.3 is 6.03 Å². The number of likely N-dealkylation sites (N-methyl/N-ethyl adjacent to an activating group) is 1. The van der Waals surface area contributed by atoms with Gasteiger partial charge in [0.2, 0.25) is 0 Å². The van der Waals surface area contributed by atoms with Crippen molar-refractivity contribution in [3.05, 3.63) is 23.8 Å². The fourth-order valence-corrected chi connectivity index (χ4v) is 4.36. The molecule has 0 aromatic heterocycles. The van der Waals surface area contributed by atoms with E-state index in [1.54, 1.807) is 16.8 Å². The highest BCUT2D eigenvalue weighted by molar-refractivity contribution is 5.98. The minimum Gasteiger partial charge on any atom is -0.490 e. The van der Waals surface area contributed by atoms with E-state index in [0.29, 0.717) is 31.0 Å². The van der Waals surface area contributed by atoms with E-state index in [1.165, 1.54) is 0 Å². The number of hydrogen-bond acceptors (Lipinski definition) is 6.